The number of hydrogen-bond acceptors (Lipinski definition) is 4. The van der Waals surface area contributed by atoms with E-state index in [0.29, 0.717) is 18.3 Å². The molecule has 0 saturated carbocycles. The molecule has 0 bridgehead atoms. The number of piperidine rings is 1. The Kier molecular flexibility index (Phi) is 8.88. The lowest BCUT2D eigenvalue weighted by Crippen LogP contribution is -2.51. The van der Waals surface area contributed by atoms with Gasteiger partial charge in [-0.05, 0) is 43.9 Å². The van der Waals surface area contributed by atoms with Crippen LogP contribution in [0.3, 0.4) is 0 Å². The predicted octanol–water partition coefficient (Wildman–Crippen LogP) is 2.51. The van der Waals surface area contributed by atoms with E-state index < -0.39 is 0 Å². The van der Waals surface area contributed by atoms with E-state index in [2.05, 4.69) is 33.8 Å². The number of nitrogens with zero attached hydrogens (tertiary/aromatic N) is 4. The molecule has 3 rings (SSSR count). The van der Waals surface area contributed by atoms with Gasteiger partial charge in [0.1, 0.15) is 5.75 Å². The molecule has 8 heteroatoms. The Labute approximate surface area is 184 Å². The monoisotopic (exact) mass is 498 g/mol. The van der Waals surface area contributed by atoms with Gasteiger partial charge < -0.3 is 20.6 Å². The van der Waals surface area contributed by atoms with Crippen LogP contribution in [-0.2, 0) is 13.5 Å². The highest BCUT2D eigenvalue weighted by Crippen LogP contribution is 2.19. The molecule has 0 aliphatic carbocycles. The van der Waals surface area contributed by atoms with E-state index in [1.54, 1.807) is 12.1 Å². The SMILES string of the molecule is CCNC(=NCCc1cccc(O)c1)NC1CCCN(c2cnn(C)c2)C1.I. The summed E-state index contributed by atoms with van der Waals surface area (Å²) in [5.74, 6) is 1.16. The van der Waals surface area contributed by atoms with Crippen molar-refractivity contribution in [3.63, 3.8) is 0 Å². The molecular weight excluding hydrogens is 467 g/mol. The van der Waals surface area contributed by atoms with E-state index in [1.807, 2.05) is 30.1 Å². The average molecular weight is 498 g/mol. The van der Waals surface area contributed by atoms with Crippen molar-refractivity contribution in [3.05, 3.63) is 42.2 Å². The topological polar surface area (TPSA) is 77.7 Å². The second-order valence-electron chi connectivity index (χ2n) is 6.98. The van der Waals surface area contributed by atoms with Crippen molar-refractivity contribution in [2.24, 2.45) is 12.0 Å². The number of benzene rings is 1. The van der Waals surface area contributed by atoms with Gasteiger partial charge in [0.05, 0.1) is 11.9 Å². The number of hydrogen-bond donors (Lipinski definition) is 3. The van der Waals surface area contributed by atoms with Crippen molar-refractivity contribution in [2.45, 2.75) is 32.2 Å². The Morgan fingerprint density at radius 1 is 1.39 bits per heavy atom. The normalized spacial score (nSPS) is 17.1. The quantitative estimate of drug-likeness (QED) is 0.324. The van der Waals surface area contributed by atoms with Crippen molar-refractivity contribution < 1.29 is 5.11 Å². The Hall–Kier alpha value is -1.97. The summed E-state index contributed by atoms with van der Waals surface area (Å²) in [6.45, 7) is 5.60. The van der Waals surface area contributed by atoms with Crippen LogP contribution in [-0.4, -0.2) is 53.1 Å². The minimum absolute atomic E-state index is 0. The molecule has 1 aliphatic rings. The highest BCUT2D eigenvalue weighted by Gasteiger charge is 2.21. The maximum atomic E-state index is 9.57. The zero-order chi connectivity index (χ0) is 19.1. The Morgan fingerprint density at radius 2 is 2.25 bits per heavy atom. The van der Waals surface area contributed by atoms with Crippen molar-refractivity contribution in [1.29, 1.82) is 0 Å². The van der Waals surface area contributed by atoms with Crippen LogP contribution < -0.4 is 15.5 Å². The van der Waals surface area contributed by atoms with Crippen LogP contribution in [0.5, 0.6) is 5.75 Å². The van der Waals surface area contributed by atoms with Crippen LogP contribution in [0, 0.1) is 0 Å². The third-order valence-corrected chi connectivity index (χ3v) is 4.74. The van der Waals surface area contributed by atoms with Crippen LogP contribution in [0.1, 0.15) is 25.3 Å². The number of aliphatic imine (C=N–C) groups is 1. The van der Waals surface area contributed by atoms with E-state index in [9.17, 15) is 5.11 Å². The van der Waals surface area contributed by atoms with Crippen LogP contribution in [0.15, 0.2) is 41.7 Å². The lowest BCUT2D eigenvalue weighted by Gasteiger charge is -2.34. The predicted molar refractivity (Wildman–Crippen MR) is 125 cm³/mol. The molecule has 3 N–H and O–H groups in total. The number of anilines is 1. The summed E-state index contributed by atoms with van der Waals surface area (Å²) < 4.78 is 1.85. The van der Waals surface area contributed by atoms with Gasteiger partial charge in [0.15, 0.2) is 5.96 Å². The summed E-state index contributed by atoms with van der Waals surface area (Å²) in [5, 5.41) is 20.8. The van der Waals surface area contributed by atoms with Crippen LogP contribution in [0.25, 0.3) is 0 Å². The molecule has 2 heterocycles. The second-order valence-corrected chi connectivity index (χ2v) is 6.98. The summed E-state index contributed by atoms with van der Waals surface area (Å²) in [4.78, 5) is 7.09. The van der Waals surface area contributed by atoms with Gasteiger partial charge >= 0.3 is 0 Å². The van der Waals surface area contributed by atoms with E-state index in [-0.39, 0.29) is 24.0 Å². The Bertz CT molecular complexity index is 763. The van der Waals surface area contributed by atoms with Crippen LogP contribution in [0.2, 0.25) is 0 Å². The van der Waals surface area contributed by atoms with Crippen molar-refractivity contribution in [3.8, 4) is 5.75 Å². The zero-order valence-corrected chi connectivity index (χ0v) is 19.0. The van der Waals surface area contributed by atoms with E-state index in [1.165, 1.54) is 5.69 Å². The average Bonchev–Trinajstić information content (AvgIpc) is 3.09. The number of rotatable bonds is 6. The highest BCUT2D eigenvalue weighted by molar-refractivity contribution is 14.0. The van der Waals surface area contributed by atoms with Crippen molar-refractivity contribution in [2.75, 3.05) is 31.1 Å². The van der Waals surface area contributed by atoms with Crippen LogP contribution >= 0.6 is 24.0 Å². The minimum atomic E-state index is 0. The van der Waals surface area contributed by atoms with E-state index in [4.69, 9.17) is 4.99 Å². The van der Waals surface area contributed by atoms with Gasteiger partial charge in [-0.3, -0.25) is 9.67 Å². The highest BCUT2D eigenvalue weighted by atomic mass is 127. The molecular formula is C20H31IN6O. The lowest BCUT2D eigenvalue weighted by atomic mass is 10.1. The Balaban J connectivity index is 0.00000280. The number of halogens is 1. The maximum absolute atomic E-state index is 9.57. The molecule has 1 aromatic carbocycles. The molecule has 2 aromatic rings. The van der Waals surface area contributed by atoms with Gasteiger partial charge in [-0.2, -0.15) is 5.10 Å². The first-order valence-corrected chi connectivity index (χ1v) is 9.70. The summed E-state index contributed by atoms with van der Waals surface area (Å²) in [6, 6.07) is 7.73. The maximum Gasteiger partial charge on any atom is 0.191 e. The fourth-order valence-corrected chi connectivity index (χ4v) is 3.42. The van der Waals surface area contributed by atoms with Crippen molar-refractivity contribution >= 4 is 35.6 Å². The third kappa shape index (κ3) is 6.57. The first-order chi connectivity index (χ1) is 13.1. The van der Waals surface area contributed by atoms with E-state index in [0.717, 1.165) is 50.4 Å². The van der Waals surface area contributed by atoms with Gasteiger partial charge in [0.25, 0.3) is 0 Å². The molecule has 0 spiro atoms. The van der Waals surface area contributed by atoms with Gasteiger partial charge in [0.2, 0.25) is 0 Å². The third-order valence-electron chi connectivity index (χ3n) is 4.74. The molecule has 0 amide bonds. The molecule has 1 atom stereocenters. The number of aromatic nitrogens is 2. The molecule has 1 aliphatic heterocycles. The molecule has 1 fully saturated rings. The van der Waals surface area contributed by atoms with Crippen molar-refractivity contribution in [1.82, 2.24) is 20.4 Å². The number of aromatic hydroxyl groups is 1. The molecule has 0 radical (unpaired) electrons. The van der Waals surface area contributed by atoms with E-state index >= 15 is 0 Å². The van der Waals surface area contributed by atoms with Crippen LogP contribution in [0.4, 0.5) is 5.69 Å². The smallest absolute Gasteiger partial charge is 0.191 e. The first kappa shape index (κ1) is 22.3. The standard InChI is InChI=1S/C20H30N6O.HI/c1-3-21-20(22-10-9-16-6-4-8-19(27)12-16)24-17-7-5-11-26(14-17)18-13-23-25(2)15-18;/h4,6,8,12-13,15,17,27H,3,5,7,9-11,14H2,1-2H3,(H2,21,22,24);1H. The lowest BCUT2D eigenvalue weighted by molar-refractivity contribution is 0.468. The fourth-order valence-electron chi connectivity index (χ4n) is 3.42. The van der Waals surface area contributed by atoms with Gasteiger partial charge in [-0.25, -0.2) is 0 Å². The molecule has 7 nitrogen and oxygen atoms in total. The summed E-state index contributed by atoms with van der Waals surface area (Å²) >= 11 is 0. The molecule has 1 aromatic heterocycles. The van der Waals surface area contributed by atoms with Gasteiger partial charge in [-0.15, -0.1) is 24.0 Å². The number of nitrogens with one attached hydrogen (secondary N) is 2. The number of aryl methyl sites for hydroxylation is 1. The minimum Gasteiger partial charge on any atom is -0.508 e. The molecule has 154 valence electrons. The summed E-state index contributed by atoms with van der Waals surface area (Å²) in [6.07, 6.45) is 7.08. The molecule has 1 saturated heterocycles. The summed E-state index contributed by atoms with van der Waals surface area (Å²) in [7, 11) is 1.95. The first-order valence-electron chi connectivity index (χ1n) is 9.70. The number of phenolic OH excluding ortho intramolecular Hbond substituents is 1. The Morgan fingerprint density at radius 3 is 2.96 bits per heavy atom. The molecule has 1 unspecified atom stereocenters. The fraction of sp³-hybridized carbons (Fsp3) is 0.500. The largest absolute Gasteiger partial charge is 0.508 e. The van der Waals surface area contributed by atoms with Gasteiger partial charge in [0, 0.05) is 45.5 Å². The number of phenols is 1. The summed E-state index contributed by atoms with van der Waals surface area (Å²) in [5.41, 5.74) is 2.27. The molecule has 28 heavy (non-hydrogen) atoms. The zero-order valence-electron chi connectivity index (χ0n) is 16.6. The second kappa shape index (κ2) is 11.1. The number of guanidine groups is 1. The van der Waals surface area contributed by atoms with Gasteiger partial charge in [-0.1, -0.05) is 12.1 Å².